The van der Waals surface area contributed by atoms with Gasteiger partial charge in [0, 0.05) is 12.1 Å². The molecule has 1 aromatic rings. The van der Waals surface area contributed by atoms with Crippen LogP contribution in [0, 0.1) is 0 Å². The van der Waals surface area contributed by atoms with E-state index in [2.05, 4.69) is 10.6 Å². The molecule has 1 rings (SSSR count). The monoisotopic (exact) mass is 260 g/mol. The van der Waals surface area contributed by atoms with Gasteiger partial charge in [-0.25, -0.2) is 0 Å². The Kier molecular flexibility index (Phi) is 5.79. The smallest absolute Gasteiger partial charge is 0.244 e. The Bertz CT molecular complexity index is 452. The minimum absolute atomic E-state index is 0.0618. The van der Waals surface area contributed by atoms with Gasteiger partial charge in [-0.3, -0.25) is 9.59 Å². The highest BCUT2D eigenvalue weighted by Gasteiger charge is 2.14. The van der Waals surface area contributed by atoms with Gasteiger partial charge in [-0.2, -0.15) is 0 Å². The second-order valence-electron chi connectivity index (χ2n) is 4.64. The number of amides is 2. The second-order valence-corrected chi connectivity index (χ2v) is 4.64. The first-order valence-electron chi connectivity index (χ1n) is 6.33. The van der Waals surface area contributed by atoms with E-state index in [0.29, 0.717) is 0 Å². The van der Waals surface area contributed by atoms with Gasteiger partial charge < -0.3 is 10.6 Å². The Morgan fingerprint density at radius 2 is 1.68 bits per heavy atom. The lowest BCUT2D eigenvalue weighted by Gasteiger charge is -2.14. The fourth-order valence-corrected chi connectivity index (χ4v) is 1.47. The highest BCUT2D eigenvalue weighted by molar-refractivity contribution is 5.95. The van der Waals surface area contributed by atoms with Crippen molar-refractivity contribution in [1.29, 1.82) is 0 Å². The largest absolute Gasteiger partial charge is 0.352 e. The van der Waals surface area contributed by atoms with E-state index in [4.69, 9.17) is 0 Å². The van der Waals surface area contributed by atoms with Crippen LogP contribution in [0.5, 0.6) is 0 Å². The Morgan fingerprint density at radius 3 is 2.26 bits per heavy atom. The molecule has 0 heterocycles. The zero-order chi connectivity index (χ0) is 14.3. The number of hydrogen-bond acceptors (Lipinski definition) is 2. The molecule has 0 radical (unpaired) electrons. The third-order valence-corrected chi connectivity index (χ3v) is 2.41. The number of rotatable bonds is 5. The van der Waals surface area contributed by atoms with Crippen molar-refractivity contribution in [2.75, 3.05) is 0 Å². The lowest BCUT2D eigenvalue weighted by atomic mass is 10.2. The highest BCUT2D eigenvalue weighted by atomic mass is 16.2. The fourth-order valence-electron chi connectivity index (χ4n) is 1.47. The van der Waals surface area contributed by atoms with E-state index in [1.807, 2.05) is 44.2 Å². The summed E-state index contributed by atoms with van der Waals surface area (Å²) >= 11 is 0. The van der Waals surface area contributed by atoms with Crippen LogP contribution in [0.2, 0.25) is 0 Å². The predicted molar refractivity (Wildman–Crippen MR) is 76.4 cm³/mol. The van der Waals surface area contributed by atoms with E-state index in [9.17, 15) is 9.59 Å². The standard InChI is InChI=1S/C15H20N2O2/c1-11(2)16-15(19)12(3)17-14(18)10-9-13-7-5-4-6-8-13/h4-12H,1-3H3,(H,16,19)(H,17,18)/b10-9+. The van der Waals surface area contributed by atoms with Crippen molar-refractivity contribution < 1.29 is 9.59 Å². The Labute approximate surface area is 113 Å². The minimum atomic E-state index is -0.546. The van der Waals surface area contributed by atoms with Crippen LogP contribution >= 0.6 is 0 Å². The van der Waals surface area contributed by atoms with E-state index < -0.39 is 6.04 Å². The van der Waals surface area contributed by atoms with Gasteiger partial charge in [0.25, 0.3) is 0 Å². The van der Waals surface area contributed by atoms with Crippen molar-refractivity contribution in [3.05, 3.63) is 42.0 Å². The predicted octanol–water partition coefficient (Wildman–Crippen LogP) is 1.73. The van der Waals surface area contributed by atoms with Crippen molar-refractivity contribution in [2.24, 2.45) is 0 Å². The van der Waals surface area contributed by atoms with Crippen molar-refractivity contribution in [1.82, 2.24) is 10.6 Å². The van der Waals surface area contributed by atoms with Gasteiger partial charge in [-0.15, -0.1) is 0 Å². The highest BCUT2D eigenvalue weighted by Crippen LogP contribution is 2.00. The fraction of sp³-hybridized carbons (Fsp3) is 0.333. The number of carbonyl (C=O) groups is 2. The molecule has 0 aliphatic rings. The summed E-state index contributed by atoms with van der Waals surface area (Å²) in [6, 6.07) is 9.03. The maximum atomic E-state index is 11.6. The summed E-state index contributed by atoms with van der Waals surface area (Å²) < 4.78 is 0. The number of hydrogen-bond donors (Lipinski definition) is 2. The number of benzene rings is 1. The summed E-state index contributed by atoms with van der Waals surface area (Å²) in [5.41, 5.74) is 0.942. The van der Waals surface area contributed by atoms with Crippen LogP contribution in [0.3, 0.4) is 0 Å². The summed E-state index contributed by atoms with van der Waals surface area (Å²) in [6.45, 7) is 5.41. The van der Waals surface area contributed by atoms with E-state index >= 15 is 0 Å². The first-order valence-corrected chi connectivity index (χ1v) is 6.33. The molecule has 1 atom stereocenters. The molecule has 0 fully saturated rings. The van der Waals surface area contributed by atoms with Crippen LogP contribution in [0.25, 0.3) is 6.08 Å². The average Bonchev–Trinajstić information content (AvgIpc) is 2.36. The summed E-state index contributed by atoms with van der Waals surface area (Å²) in [4.78, 5) is 23.3. The van der Waals surface area contributed by atoms with Gasteiger partial charge in [-0.05, 0) is 32.4 Å². The molecular weight excluding hydrogens is 240 g/mol. The zero-order valence-corrected chi connectivity index (χ0v) is 11.5. The molecule has 4 heteroatoms. The summed E-state index contributed by atoms with van der Waals surface area (Å²) in [5, 5.41) is 5.36. The van der Waals surface area contributed by atoms with Crippen LogP contribution in [0.4, 0.5) is 0 Å². The Balaban J connectivity index is 2.47. The van der Waals surface area contributed by atoms with Crippen LogP contribution in [-0.2, 0) is 9.59 Å². The first kappa shape index (κ1) is 15.0. The van der Waals surface area contributed by atoms with E-state index in [-0.39, 0.29) is 17.9 Å². The molecule has 2 amide bonds. The molecule has 19 heavy (non-hydrogen) atoms. The van der Waals surface area contributed by atoms with Crippen LogP contribution in [-0.4, -0.2) is 23.9 Å². The summed E-state index contributed by atoms with van der Waals surface area (Å²) in [7, 11) is 0. The van der Waals surface area contributed by atoms with E-state index in [1.165, 1.54) is 6.08 Å². The van der Waals surface area contributed by atoms with Gasteiger partial charge >= 0.3 is 0 Å². The van der Waals surface area contributed by atoms with Crippen molar-refractivity contribution in [2.45, 2.75) is 32.9 Å². The van der Waals surface area contributed by atoms with Gasteiger partial charge in [-0.1, -0.05) is 30.3 Å². The number of nitrogens with one attached hydrogen (secondary N) is 2. The normalized spacial score (nSPS) is 12.4. The molecule has 0 aliphatic heterocycles. The van der Waals surface area contributed by atoms with Gasteiger partial charge in [0.05, 0.1) is 0 Å². The third-order valence-electron chi connectivity index (χ3n) is 2.41. The zero-order valence-electron chi connectivity index (χ0n) is 11.5. The van der Waals surface area contributed by atoms with Crippen LogP contribution < -0.4 is 10.6 Å². The van der Waals surface area contributed by atoms with Crippen molar-refractivity contribution in [3.63, 3.8) is 0 Å². The Morgan fingerprint density at radius 1 is 1.05 bits per heavy atom. The summed E-state index contributed by atoms with van der Waals surface area (Å²) in [5.74, 6) is -0.466. The molecule has 1 aromatic carbocycles. The Hall–Kier alpha value is -2.10. The third kappa shape index (κ3) is 5.86. The van der Waals surface area contributed by atoms with E-state index in [0.717, 1.165) is 5.56 Å². The molecule has 0 saturated heterocycles. The summed E-state index contributed by atoms with van der Waals surface area (Å²) in [6.07, 6.45) is 3.14. The average molecular weight is 260 g/mol. The van der Waals surface area contributed by atoms with Crippen LogP contribution in [0.15, 0.2) is 36.4 Å². The molecule has 0 saturated carbocycles. The van der Waals surface area contributed by atoms with Crippen molar-refractivity contribution >= 4 is 17.9 Å². The van der Waals surface area contributed by atoms with Gasteiger partial charge in [0.2, 0.25) is 11.8 Å². The maximum absolute atomic E-state index is 11.6. The molecule has 0 aromatic heterocycles. The molecule has 1 unspecified atom stereocenters. The van der Waals surface area contributed by atoms with E-state index in [1.54, 1.807) is 13.0 Å². The topological polar surface area (TPSA) is 58.2 Å². The minimum Gasteiger partial charge on any atom is -0.352 e. The first-order chi connectivity index (χ1) is 8.99. The number of carbonyl (C=O) groups excluding carboxylic acids is 2. The van der Waals surface area contributed by atoms with Crippen molar-refractivity contribution in [3.8, 4) is 0 Å². The van der Waals surface area contributed by atoms with Crippen LogP contribution in [0.1, 0.15) is 26.3 Å². The molecule has 2 N–H and O–H groups in total. The quantitative estimate of drug-likeness (QED) is 0.792. The molecule has 0 bridgehead atoms. The van der Waals surface area contributed by atoms with Gasteiger partial charge in [0.1, 0.15) is 6.04 Å². The SMILES string of the molecule is CC(C)NC(=O)C(C)NC(=O)/C=C/c1ccccc1. The second kappa shape index (κ2) is 7.36. The molecule has 0 spiro atoms. The lowest BCUT2D eigenvalue weighted by Crippen LogP contribution is -2.46. The maximum Gasteiger partial charge on any atom is 0.244 e. The molecule has 0 aliphatic carbocycles. The lowest BCUT2D eigenvalue weighted by molar-refractivity contribution is -0.127. The molecule has 4 nitrogen and oxygen atoms in total. The molecular formula is C15H20N2O2. The van der Waals surface area contributed by atoms with Gasteiger partial charge in [0.15, 0.2) is 0 Å². The molecule has 102 valence electrons.